The molecule has 7 heteroatoms. The number of rotatable bonds is 7. The van der Waals surface area contributed by atoms with Crippen molar-refractivity contribution in [2.45, 2.75) is 69.2 Å². The minimum Gasteiger partial charge on any atom is -0.349 e. The first-order valence-electron chi connectivity index (χ1n) is 11.6. The number of carbonyl (C=O) groups is 1. The van der Waals surface area contributed by atoms with Crippen molar-refractivity contribution in [1.82, 2.24) is 14.9 Å². The Morgan fingerprint density at radius 1 is 1.10 bits per heavy atom. The number of sulfonamides is 1. The Labute approximate surface area is 180 Å². The molecule has 0 aromatic heterocycles. The molecule has 1 aliphatic heterocycles. The van der Waals surface area contributed by atoms with Crippen molar-refractivity contribution in [3.8, 4) is 0 Å². The molecule has 1 saturated carbocycles. The standard InChI is InChI=1S/C23H35N3O3S/c1-17-10-13-26(14-11-17)15-12-24-30(28,29)20-8-6-18-7-9-22(21(18)16-20)25-23(27)19-4-2-3-5-19/h6,8,16-17,19,22,24H,2-5,7,9-15H2,1H3,(H,25,27). The van der Waals surface area contributed by atoms with Gasteiger partial charge in [0.25, 0.3) is 0 Å². The number of hydrogen-bond donors (Lipinski definition) is 2. The zero-order valence-electron chi connectivity index (χ0n) is 18.0. The third-order valence-corrected chi connectivity index (χ3v) is 8.60. The molecule has 1 unspecified atom stereocenters. The van der Waals surface area contributed by atoms with Gasteiger partial charge in [0.1, 0.15) is 0 Å². The van der Waals surface area contributed by atoms with Crippen LogP contribution in [-0.4, -0.2) is 45.4 Å². The quantitative estimate of drug-likeness (QED) is 0.693. The summed E-state index contributed by atoms with van der Waals surface area (Å²) < 4.78 is 28.5. The summed E-state index contributed by atoms with van der Waals surface area (Å²) in [6.45, 7) is 5.54. The summed E-state index contributed by atoms with van der Waals surface area (Å²) in [6.07, 6.45) is 8.30. The first-order valence-corrected chi connectivity index (χ1v) is 13.1. The summed E-state index contributed by atoms with van der Waals surface area (Å²) in [5.41, 5.74) is 2.11. The van der Waals surface area contributed by atoms with Crippen LogP contribution in [0.1, 0.15) is 69.0 Å². The van der Waals surface area contributed by atoms with E-state index in [4.69, 9.17) is 0 Å². The summed E-state index contributed by atoms with van der Waals surface area (Å²) in [6, 6.07) is 5.31. The second-order valence-corrected chi connectivity index (χ2v) is 11.1. The van der Waals surface area contributed by atoms with Crippen molar-refractivity contribution < 1.29 is 13.2 Å². The van der Waals surface area contributed by atoms with Crippen molar-refractivity contribution in [1.29, 1.82) is 0 Å². The van der Waals surface area contributed by atoms with Crippen molar-refractivity contribution in [2.24, 2.45) is 11.8 Å². The molecular weight excluding hydrogens is 398 g/mol. The molecule has 0 bridgehead atoms. The third kappa shape index (κ3) is 5.06. The first kappa shape index (κ1) is 21.8. The van der Waals surface area contributed by atoms with Crippen LogP contribution in [-0.2, 0) is 21.2 Å². The Kier molecular flexibility index (Phi) is 6.80. The normalized spacial score (nSPS) is 23.6. The Balaban J connectivity index is 1.36. The monoisotopic (exact) mass is 433 g/mol. The van der Waals surface area contributed by atoms with E-state index in [2.05, 4.69) is 21.9 Å². The number of nitrogens with one attached hydrogen (secondary N) is 2. The second kappa shape index (κ2) is 9.37. The molecule has 2 N–H and O–H groups in total. The molecule has 0 radical (unpaired) electrons. The van der Waals surface area contributed by atoms with E-state index in [9.17, 15) is 13.2 Å². The van der Waals surface area contributed by atoms with Gasteiger partial charge in [0.15, 0.2) is 0 Å². The van der Waals surface area contributed by atoms with Gasteiger partial charge < -0.3 is 10.2 Å². The summed E-state index contributed by atoms with van der Waals surface area (Å²) in [4.78, 5) is 15.2. The lowest BCUT2D eigenvalue weighted by Gasteiger charge is -2.30. The van der Waals surface area contributed by atoms with E-state index in [1.54, 1.807) is 12.1 Å². The number of likely N-dealkylation sites (tertiary alicyclic amines) is 1. The average Bonchev–Trinajstić information content (AvgIpc) is 3.40. The van der Waals surface area contributed by atoms with E-state index >= 15 is 0 Å². The smallest absolute Gasteiger partial charge is 0.240 e. The number of piperidine rings is 1. The van der Waals surface area contributed by atoms with E-state index in [1.807, 2.05) is 6.07 Å². The highest BCUT2D eigenvalue weighted by atomic mass is 32.2. The first-order chi connectivity index (χ1) is 14.4. The van der Waals surface area contributed by atoms with Crippen LogP contribution in [0.4, 0.5) is 0 Å². The molecular formula is C23H35N3O3S. The number of fused-ring (bicyclic) bond motifs is 1. The van der Waals surface area contributed by atoms with Crippen molar-refractivity contribution in [2.75, 3.05) is 26.2 Å². The maximum absolute atomic E-state index is 12.8. The molecule has 3 aliphatic rings. The lowest BCUT2D eigenvalue weighted by Crippen LogP contribution is -2.39. The molecule has 166 valence electrons. The van der Waals surface area contributed by atoms with Crippen LogP contribution in [0, 0.1) is 11.8 Å². The number of carbonyl (C=O) groups excluding carboxylic acids is 1. The fraction of sp³-hybridized carbons (Fsp3) is 0.696. The maximum atomic E-state index is 12.8. The van der Waals surface area contributed by atoms with Gasteiger partial charge in [-0.15, -0.1) is 0 Å². The van der Waals surface area contributed by atoms with E-state index in [1.165, 1.54) is 12.8 Å². The van der Waals surface area contributed by atoms with Gasteiger partial charge in [-0.1, -0.05) is 25.8 Å². The Hall–Kier alpha value is -1.44. The Bertz CT molecular complexity index is 856. The third-order valence-electron chi connectivity index (χ3n) is 7.14. The average molecular weight is 434 g/mol. The Morgan fingerprint density at radius 3 is 2.57 bits per heavy atom. The van der Waals surface area contributed by atoms with E-state index in [0.29, 0.717) is 11.4 Å². The Morgan fingerprint density at radius 2 is 1.83 bits per heavy atom. The van der Waals surface area contributed by atoms with Gasteiger partial charge in [-0.2, -0.15) is 0 Å². The summed E-state index contributed by atoms with van der Waals surface area (Å²) in [5.74, 6) is 1.03. The molecule has 1 amide bonds. The molecule has 2 fully saturated rings. The molecule has 4 rings (SSSR count). The lowest BCUT2D eigenvalue weighted by atomic mass is 9.99. The molecule has 2 aliphatic carbocycles. The molecule has 6 nitrogen and oxygen atoms in total. The fourth-order valence-electron chi connectivity index (χ4n) is 5.08. The minimum absolute atomic E-state index is 0.0708. The highest BCUT2D eigenvalue weighted by Gasteiger charge is 2.30. The predicted octanol–water partition coefficient (Wildman–Crippen LogP) is 2.99. The van der Waals surface area contributed by atoms with Gasteiger partial charge in [0, 0.05) is 19.0 Å². The van der Waals surface area contributed by atoms with Crippen LogP contribution in [0.2, 0.25) is 0 Å². The van der Waals surface area contributed by atoms with Crippen LogP contribution in [0.25, 0.3) is 0 Å². The number of amides is 1. The summed E-state index contributed by atoms with van der Waals surface area (Å²) >= 11 is 0. The van der Waals surface area contributed by atoms with Crippen LogP contribution in [0.5, 0.6) is 0 Å². The second-order valence-electron chi connectivity index (χ2n) is 9.36. The van der Waals surface area contributed by atoms with Gasteiger partial charge >= 0.3 is 0 Å². The van der Waals surface area contributed by atoms with Crippen LogP contribution in [0.3, 0.4) is 0 Å². The molecule has 1 heterocycles. The largest absolute Gasteiger partial charge is 0.349 e. The van der Waals surface area contributed by atoms with Gasteiger partial charge in [0.2, 0.25) is 15.9 Å². The molecule has 1 saturated heterocycles. The molecule has 1 atom stereocenters. The molecule has 0 spiro atoms. The van der Waals surface area contributed by atoms with Crippen LogP contribution < -0.4 is 10.0 Å². The minimum atomic E-state index is -3.55. The lowest BCUT2D eigenvalue weighted by molar-refractivity contribution is -0.125. The van der Waals surface area contributed by atoms with Crippen molar-refractivity contribution >= 4 is 15.9 Å². The summed E-state index contributed by atoms with van der Waals surface area (Å²) in [5, 5.41) is 3.18. The van der Waals surface area contributed by atoms with Crippen molar-refractivity contribution in [3.05, 3.63) is 29.3 Å². The number of hydrogen-bond acceptors (Lipinski definition) is 4. The zero-order valence-corrected chi connectivity index (χ0v) is 18.8. The van der Waals surface area contributed by atoms with E-state index < -0.39 is 10.0 Å². The van der Waals surface area contributed by atoms with Gasteiger partial charge in [-0.3, -0.25) is 4.79 Å². The van der Waals surface area contributed by atoms with E-state index in [-0.39, 0.29) is 17.9 Å². The number of aryl methyl sites for hydroxylation is 1. The molecule has 30 heavy (non-hydrogen) atoms. The topological polar surface area (TPSA) is 78.5 Å². The molecule has 1 aromatic rings. The summed E-state index contributed by atoms with van der Waals surface area (Å²) in [7, 11) is -3.55. The fourth-order valence-corrected chi connectivity index (χ4v) is 6.14. The highest BCUT2D eigenvalue weighted by Crippen LogP contribution is 2.34. The number of benzene rings is 1. The highest BCUT2D eigenvalue weighted by molar-refractivity contribution is 7.89. The van der Waals surface area contributed by atoms with Gasteiger partial charge in [-0.25, -0.2) is 13.1 Å². The SMILES string of the molecule is CC1CCN(CCNS(=O)(=O)c2ccc3c(c2)C(NC(=O)C2CCCC2)CC3)CC1. The maximum Gasteiger partial charge on any atom is 0.240 e. The van der Waals surface area contributed by atoms with Crippen molar-refractivity contribution in [3.63, 3.8) is 0 Å². The van der Waals surface area contributed by atoms with Crippen LogP contribution in [0.15, 0.2) is 23.1 Å². The molecule has 1 aromatic carbocycles. The van der Waals surface area contributed by atoms with Gasteiger partial charge in [-0.05, 0) is 80.8 Å². The number of nitrogens with zero attached hydrogens (tertiary/aromatic N) is 1. The van der Waals surface area contributed by atoms with E-state index in [0.717, 1.165) is 75.2 Å². The predicted molar refractivity (Wildman–Crippen MR) is 118 cm³/mol. The van der Waals surface area contributed by atoms with Gasteiger partial charge in [0.05, 0.1) is 10.9 Å². The van der Waals surface area contributed by atoms with Crippen LogP contribution >= 0.6 is 0 Å². The zero-order chi connectivity index (χ0) is 21.1.